The number of carbonyl (C=O) groups excluding carboxylic acids is 1. The molecule has 2 aromatic carbocycles. The third-order valence-electron chi connectivity index (χ3n) is 6.11. The summed E-state index contributed by atoms with van der Waals surface area (Å²) in [6.45, 7) is -0.448. The molecule has 0 fully saturated rings. The van der Waals surface area contributed by atoms with Gasteiger partial charge in [-0.1, -0.05) is 42.5 Å². The predicted octanol–water partition coefficient (Wildman–Crippen LogP) is 5.01. The lowest BCUT2D eigenvalue weighted by molar-refractivity contribution is -0.149. The van der Waals surface area contributed by atoms with Gasteiger partial charge in [0.25, 0.3) is 0 Å². The van der Waals surface area contributed by atoms with Crippen molar-refractivity contribution in [3.05, 3.63) is 102 Å². The second kappa shape index (κ2) is 11.7. The standard InChI is InChI=1S/C28H25F3N6O/c1-37-18-23(15-35-37)22-11-12-26(34-14-22)36-27(38)24(20-5-3-2-4-6-20)16-33-17-25(28(29,30)31)21-9-7-19(13-32)8-10-21/h2-12,14-15,18,24-25,33H,16-17H2,1H3,(H,34,36,38)/t24?,25-/m0/s1. The molecule has 2 heterocycles. The molecule has 0 radical (unpaired) electrons. The number of hydrogen-bond donors (Lipinski definition) is 2. The first-order valence-electron chi connectivity index (χ1n) is 11.8. The number of carbonyl (C=O) groups is 1. The number of aryl methyl sites for hydroxylation is 1. The van der Waals surface area contributed by atoms with E-state index in [1.54, 1.807) is 59.5 Å². The van der Waals surface area contributed by atoms with Gasteiger partial charge in [0.1, 0.15) is 5.82 Å². The molecule has 2 aromatic heterocycles. The number of pyridine rings is 1. The van der Waals surface area contributed by atoms with Crippen molar-refractivity contribution in [2.24, 2.45) is 7.05 Å². The zero-order valence-corrected chi connectivity index (χ0v) is 20.5. The molecular weight excluding hydrogens is 493 g/mol. The van der Waals surface area contributed by atoms with E-state index in [-0.39, 0.29) is 17.7 Å². The van der Waals surface area contributed by atoms with E-state index in [4.69, 9.17) is 5.26 Å². The Hall–Kier alpha value is -4.49. The lowest BCUT2D eigenvalue weighted by atomic mass is 9.95. The number of hydrogen-bond acceptors (Lipinski definition) is 5. The van der Waals surface area contributed by atoms with E-state index in [0.717, 1.165) is 11.1 Å². The maximum absolute atomic E-state index is 13.8. The van der Waals surface area contributed by atoms with E-state index in [9.17, 15) is 18.0 Å². The fourth-order valence-electron chi connectivity index (χ4n) is 4.05. The van der Waals surface area contributed by atoms with Crippen LogP contribution in [0.5, 0.6) is 0 Å². The molecule has 10 heteroatoms. The van der Waals surface area contributed by atoms with Crippen molar-refractivity contribution in [2.45, 2.75) is 18.0 Å². The number of anilines is 1. The van der Waals surface area contributed by atoms with Crippen molar-refractivity contribution in [3.63, 3.8) is 0 Å². The Labute approximate surface area is 217 Å². The van der Waals surface area contributed by atoms with Crippen LogP contribution >= 0.6 is 0 Å². The molecule has 0 bridgehead atoms. The molecule has 1 unspecified atom stereocenters. The third-order valence-corrected chi connectivity index (χ3v) is 6.11. The monoisotopic (exact) mass is 518 g/mol. The van der Waals surface area contributed by atoms with E-state index in [0.29, 0.717) is 11.4 Å². The Morgan fingerprint density at radius 2 is 1.71 bits per heavy atom. The number of nitrogens with one attached hydrogen (secondary N) is 2. The van der Waals surface area contributed by atoms with Gasteiger partial charge >= 0.3 is 6.18 Å². The lowest BCUT2D eigenvalue weighted by Crippen LogP contribution is -2.36. The summed E-state index contributed by atoms with van der Waals surface area (Å²) < 4.78 is 43.2. The molecule has 4 aromatic rings. The molecule has 0 saturated carbocycles. The number of alkyl halides is 3. The van der Waals surface area contributed by atoms with Crippen LogP contribution in [0.3, 0.4) is 0 Å². The summed E-state index contributed by atoms with van der Waals surface area (Å²) in [5.74, 6) is -2.62. The number of halogens is 3. The number of aromatic nitrogens is 3. The van der Waals surface area contributed by atoms with Crippen molar-refractivity contribution >= 4 is 11.7 Å². The maximum Gasteiger partial charge on any atom is 0.396 e. The Morgan fingerprint density at radius 3 is 2.29 bits per heavy atom. The summed E-state index contributed by atoms with van der Waals surface area (Å²) in [6, 6.07) is 19.6. The first-order chi connectivity index (χ1) is 18.2. The number of nitrogens with zero attached hydrogens (tertiary/aromatic N) is 4. The van der Waals surface area contributed by atoms with Crippen molar-refractivity contribution in [3.8, 4) is 17.2 Å². The summed E-state index contributed by atoms with van der Waals surface area (Å²) in [7, 11) is 1.81. The quantitative estimate of drug-likeness (QED) is 0.325. The largest absolute Gasteiger partial charge is 0.396 e. The highest BCUT2D eigenvalue weighted by Gasteiger charge is 2.40. The highest BCUT2D eigenvalue weighted by atomic mass is 19.4. The minimum Gasteiger partial charge on any atom is -0.315 e. The Morgan fingerprint density at radius 1 is 0.974 bits per heavy atom. The van der Waals surface area contributed by atoms with Gasteiger partial charge in [-0.3, -0.25) is 9.48 Å². The third kappa shape index (κ3) is 6.63. The van der Waals surface area contributed by atoms with Gasteiger partial charge in [0.2, 0.25) is 5.91 Å². The maximum atomic E-state index is 13.8. The molecule has 2 atom stereocenters. The second-order valence-corrected chi connectivity index (χ2v) is 8.77. The number of benzene rings is 2. The molecule has 0 spiro atoms. The summed E-state index contributed by atoms with van der Waals surface area (Å²) in [5, 5.41) is 18.7. The predicted molar refractivity (Wildman–Crippen MR) is 137 cm³/mol. The van der Waals surface area contributed by atoms with Crippen LogP contribution < -0.4 is 10.6 Å². The fraction of sp³-hybridized carbons (Fsp3) is 0.214. The molecule has 0 aliphatic carbocycles. The zero-order chi connectivity index (χ0) is 27.1. The van der Waals surface area contributed by atoms with Crippen molar-refractivity contribution in [1.82, 2.24) is 20.1 Å². The van der Waals surface area contributed by atoms with Crippen molar-refractivity contribution in [1.29, 1.82) is 5.26 Å². The Kier molecular flexibility index (Phi) is 8.19. The van der Waals surface area contributed by atoms with E-state index < -0.39 is 30.5 Å². The highest BCUT2D eigenvalue weighted by Crippen LogP contribution is 2.34. The van der Waals surface area contributed by atoms with Crippen LogP contribution in [0.15, 0.2) is 85.3 Å². The molecular formula is C28H25F3N6O. The van der Waals surface area contributed by atoms with E-state index in [1.807, 2.05) is 19.3 Å². The van der Waals surface area contributed by atoms with E-state index >= 15 is 0 Å². The minimum atomic E-state index is -4.51. The van der Waals surface area contributed by atoms with E-state index in [2.05, 4.69) is 20.7 Å². The molecule has 0 aliphatic heterocycles. The van der Waals surface area contributed by atoms with Gasteiger partial charge in [-0.2, -0.15) is 23.5 Å². The van der Waals surface area contributed by atoms with Gasteiger partial charge in [-0.15, -0.1) is 0 Å². The lowest BCUT2D eigenvalue weighted by Gasteiger charge is -2.23. The summed E-state index contributed by atoms with van der Waals surface area (Å²) in [4.78, 5) is 17.5. The molecule has 38 heavy (non-hydrogen) atoms. The fourth-order valence-corrected chi connectivity index (χ4v) is 4.05. The van der Waals surface area contributed by atoms with Crippen LogP contribution in [0.4, 0.5) is 19.0 Å². The Bertz CT molecular complexity index is 1390. The molecule has 2 N–H and O–H groups in total. The van der Waals surface area contributed by atoms with Gasteiger partial charge in [-0.25, -0.2) is 4.98 Å². The van der Waals surface area contributed by atoms with Gasteiger partial charge in [0.05, 0.1) is 29.7 Å². The molecule has 0 saturated heterocycles. The SMILES string of the molecule is Cn1cc(-c2ccc(NC(=O)C(CNC[C@@H](c3ccc(C#N)cc3)C(F)(F)F)c3ccccc3)nc2)cn1. The smallest absolute Gasteiger partial charge is 0.315 e. The molecule has 7 nitrogen and oxygen atoms in total. The molecule has 0 aliphatic rings. The first-order valence-corrected chi connectivity index (χ1v) is 11.8. The normalized spacial score (nSPS) is 12.9. The number of nitriles is 1. The number of rotatable bonds is 9. The van der Waals surface area contributed by atoms with Gasteiger partial charge < -0.3 is 10.6 Å². The first kappa shape index (κ1) is 26.6. The van der Waals surface area contributed by atoms with Crippen LogP contribution in [0.1, 0.15) is 28.5 Å². The van der Waals surface area contributed by atoms with Crippen LogP contribution in [0.25, 0.3) is 11.1 Å². The minimum absolute atomic E-state index is 0.0214. The molecule has 4 rings (SSSR count). The van der Waals surface area contributed by atoms with Crippen molar-refractivity contribution < 1.29 is 18.0 Å². The van der Waals surface area contributed by atoms with E-state index in [1.165, 1.54) is 24.3 Å². The summed E-state index contributed by atoms with van der Waals surface area (Å²) in [5.41, 5.74) is 2.70. The molecule has 1 amide bonds. The zero-order valence-electron chi connectivity index (χ0n) is 20.5. The van der Waals surface area contributed by atoms with Gasteiger partial charge in [-0.05, 0) is 35.4 Å². The number of amides is 1. The van der Waals surface area contributed by atoms with Crippen LogP contribution in [-0.4, -0.2) is 39.9 Å². The topological polar surface area (TPSA) is 95.6 Å². The Balaban J connectivity index is 1.46. The van der Waals surface area contributed by atoms with Crippen LogP contribution in [-0.2, 0) is 11.8 Å². The van der Waals surface area contributed by atoms with Gasteiger partial charge in [0, 0.05) is 43.7 Å². The average molecular weight is 519 g/mol. The molecule has 194 valence electrons. The summed E-state index contributed by atoms with van der Waals surface area (Å²) in [6.07, 6.45) is 0.663. The van der Waals surface area contributed by atoms with Crippen LogP contribution in [0.2, 0.25) is 0 Å². The van der Waals surface area contributed by atoms with Crippen LogP contribution in [0, 0.1) is 11.3 Å². The highest BCUT2D eigenvalue weighted by molar-refractivity contribution is 5.95. The second-order valence-electron chi connectivity index (χ2n) is 8.77. The average Bonchev–Trinajstić information content (AvgIpc) is 3.35. The van der Waals surface area contributed by atoms with Gasteiger partial charge in [0.15, 0.2) is 0 Å². The summed E-state index contributed by atoms with van der Waals surface area (Å²) >= 11 is 0. The van der Waals surface area contributed by atoms with Crippen molar-refractivity contribution in [2.75, 3.05) is 18.4 Å².